The summed E-state index contributed by atoms with van der Waals surface area (Å²) in [6.45, 7) is 2.19. The van der Waals surface area contributed by atoms with Gasteiger partial charge in [-0.3, -0.25) is 0 Å². The van der Waals surface area contributed by atoms with Crippen molar-refractivity contribution >= 4 is 55.6 Å². The van der Waals surface area contributed by atoms with Crippen LogP contribution in [0.3, 0.4) is 0 Å². The van der Waals surface area contributed by atoms with Crippen molar-refractivity contribution in [2.45, 2.75) is 19.2 Å². The lowest BCUT2D eigenvalue weighted by Crippen LogP contribution is -1.85. The molecule has 0 N–H and O–H groups in total. The summed E-state index contributed by atoms with van der Waals surface area (Å²) in [4.78, 5) is 0. The van der Waals surface area contributed by atoms with Crippen LogP contribution in [0.4, 0.5) is 0 Å². The number of hydrogen-bond acceptors (Lipinski definition) is 1. The maximum Gasteiger partial charge on any atom is 0.0488 e. The largest absolute Gasteiger partial charge is 0.142 e. The average molecular weight is 337 g/mol. The molecule has 0 radical (unpaired) electrons. The first-order valence-corrected chi connectivity index (χ1v) is 7.00. The highest BCUT2D eigenvalue weighted by Crippen LogP contribution is 2.33. The number of aryl methyl sites for hydroxylation is 1. The van der Waals surface area contributed by atoms with Gasteiger partial charge in [0.05, 0.1) is 0 Å². The summed E-state index contributed by atoms with van der Waals surface area (Å²) >= 11 is 10.1. The van der Waals surface area contributed by atoms with Gasteiger partial charge in [-0.25, -0.2) is 0 Å². The second-order valence-corrected chi connectivity index (χ2v) is 5.39. The lowest BCUT2D eigenvalue weighted by atomic mass is 10.1. The Morgan fingerprint density at radius 3 is 2.79 bits per heavy atom. The summed E-state index contributed by atoms with van der Waals surface area (Å²) in [6, 6.07) is 4.41. The number of rotatable bonds is 2. The number of halogens is 2. The third-order valence-electron chi connectivity index (χ3n) is 2.37. The van der Waals surface area contributed by atoms with Crippen LogP contribution in [0.2, 0.25) is 0 Å². The Bertz CT molecular complexity index is 462. The molecule has 0 amide bonds. The SMILES string of the molecule is CCc1ccc2c(CCl)csc2c1I. The lowest BCUT2D eigenvalue weighted by molar-refractivity contribution is 1.13. The molecule has 0 fully saturated rings. The van der Waals surface area contributed by atoms with Gasteiger partial charge in [-0.15, -0.1) is 22.9 Å². The third-order valence-corrected chi connectivity index (χ3v) is 5.32. The summed E-state index contributed by atoms with van der Waals surface area (Å²) in [6.07, 6.45) is 1.10. The van der Waals surface area contributed by atoms with E-state index in [1.807, 2.05) is 0 Å². The van der Waals surface area contributed by atoms with Crippen molar-refractivity contribution in [3.05, 3.63) is 32.2 Å². The molecule has 0 nitrogen and oxygen atoms in total. The summed E-state index contributed by atoms with van der Waals surface area (Å²) < 4.78 is 2.78. The highest BCUT2D eigenvalue weighted by atomic mass is 127. The van der Waals surface area contributed by atoms with Crippen LogP contribution in [0.5, 0.6) is 0 Å². The molecule has 14 heavy (non-hydrogen) atoms. The van der Waals surface area contributed by atoms with Crippen LogP contribution in [-0.4, -0.2) is 0 Å². The van der Waals surface area contributed by atoms with Crippen LogP contribution in [0.15, 0.2) is 17.5 Å². The molecule has 74 valence electrons. The maximum atomic E-state index is 5.88. The zero-order valence-electron chi connectivity index (χ0n) is 7.81. The van der Waals surface area contributed by atoms with Gasteiger partial charge in [0.1, 0.15) is 0 Å². The van der Waals surface area contributed by atoms with Crippen molar-refractivity contribution in [2.24, 2.45) is 0 Å². The zero-order chi connectivity index (χ0) is 10.1. The lowest BCUT2D eigenvalue weighted by Gasteiger charge is -2.02. The summed E-state index contributed by atoms with van der Waals surface area (Å²) in [5, 5.41) is 3.49. The van der Waals surface area contributed by atoms with Gasteiger partial charge in [0.15, 0.2) is 0 Å². The Kier molecular flexibility index (Phi) is 3.34. The number of hydrogen-bond donors (Lipinski definition) is 0. The smallest absolute Gasteiger partial charge is 0.0488 e. The van der Waals surface area contributed by atoms with Gasteiger partial charge in [-0.05, 0) is 50.9 Å². The molecule has 0 aliphatic heterocycles. The first kappa shape index (κ1) is 10.7. The molecule has 1 heterocycles. The second kappa shape index (κ2) is 4.37. The minimum atomic E-state index is 0.613. The Balaban J connectivity index is 2.72. The van der Waals surface area contributed by atoms with Crippen LogP contribution >= 0.6 is 45.5 Å². The molecule has 0 aliphatic carbocycles. The van der Waals surface area contributed by atoms with Gasteiger partial charge < -0.3 is 0 Å². The predicted molar refractivity (Wildman–Crippen MR) is 73.5 cm³/mol. The fourth-order valence-corrected chi connectivity index (χ4v) is 4.11. The number of thiophene rings is 1. The van der Waals surface area contributed by atoms with E-state index in [4.69, 9.17) is 11.6 Å². The van der Waals surface area contributed by atoms with Crippen LogP contribution in [0.1, 0.15) is 18.1 Å². The van der Waals surface area contributed by atoms with E-state index < -0.39 is 0 Å². The first-order valence-electron chi connectivity index (χ1n) is 4.51. The van der Waals surface area contributed by atoms with Gasteiger partial charge in [-0.2, -0.15) is 0 Å². The molecule has 0 saturated heterocycles. The summed E-state index contributed by atoms with van der Waals surface area (Å²) in [5.74, 6) is 0.613. The highest BCUT2D eigenvalue weighted by molar-refractivity contribution is 14.1. The van der Waals surface area contributed by atoms with Gasteiger partial charge in [0.2, 0.25) is 0 Å². The topological polar surface area (TPSA) is 0 Å². The van der Waals surface area contributed by atoms with Crippen LogP contribution in [0.25, 0.3) is 10.1 Å². The van der Waals surface area contributed by atoms with E-state index in [1.54, 1.807) is 11.3 Å². The van der Waals surface area contributed by atoms with Crippen LogP contribution in [0, 0.1) is 3.57 Å². The molecule has 2 rings (SSSR count). The van der Waals surface area contributed by atoms with E-state index in [-0.39, 0.29) is 0 Å². The molecule has 1 aromatic carbocycles. The quantitative estimate of drug-likeness (QED) is 0.545. The zero-order valence-corrected chi connectivity index (χ0v) is 11.5. The number of benzene rings is 1. The number of fused-ring (bicyclic) bond motifs is 1. The van der Waals surface area contributed by atoms with E-state index in [0.717, 1.165) is 6.42 Å². The molecule has 1 aromatic heterocycles. The van der Waals surface area contributed by atoms with Crippen molar-refractivity contribution in [1.29, 1.82) is 0 Å². The molecule has 0 atom stereocenters. The Morgan fingerprint density at radius 1 is 1.36 bits per heavy atom. The molecule has 0 unspecified atom stereocenters. The van der Waals surface area contributed by atoms with Crippen molar-refractivity contribution in [1.82, 2.24) is 0 Å². The minimum Gasteiger partial charge on any atom is -0.142 e. The fraction of sp³-hybridized carbons (Fsp3) is 0.273. The molecule has 0 spiro atoms. The maximum absolute atomic E-state index is 5.88. The van der Waals surface area contributed by atoms with Crippen molar-refractivity contribution < 1.29 is 0 Å². The predicted octanol–water partition coefficient (Wildman–Crippen LogP) is 4.81. The van der Waals surface area contributed by atoms with Gasteiger partial charge in [-0.1, -0.05) is 19.1 Å². The molecule has 0 aliphatic rings. The van der Waals surface area contributed by atoms with Crippen LogP contribution < -0.4 is 0 Å². The normalized spacial score (nSPS) is 11.1. The second-order valence-electron chi connectivity index (χ2n) is 3.16. The standard InChI is InChI=1S/C11H10ClIS/c1-2-7-3-4-9-8(5-12)6-14-11(9)10(7)13/h3-4,6H,2,5H2,1H3. The van der Waals surface area contributed by atoms with Gasteiger partial charge in [0.25, 0.3) is 0 Å². The minimum absolute atomic E-state index is 0.613. The van der Waals surface area contributed by atoms with E-state index >= 15 is 0 Å². The molecule has 0 saturated carbocycles. The van der Waals surface area contributed by atoms with Crippen molar-refractivity contribution in [3.8, 4) is 0 Å². The molecule has 0 bridgehead atoms. The van der Waals surface area contributed by atoms with Crippen LogP contribution in [-0.2, 0) is 12.3 Å². The third kappa shape index (κ3) is 1.68. The molecular formula is C11H10ClIS. The van der Waals surface area contributed by atoms with Gasteiger partial charge in [0, 0.05) is 14.2 Å². The van der Waals surface area contributed by atoms with Gasteiger partial charge >= 0.3 is 0 Å². The first-order chi connectivity index (χ1) is 6.77. The highest BCUT2D eigenvalue weighted by Gasteiger charge is 2.08. The Morgan fingerprint density at radius 2 is 2.14 bits per heavy atom. The average Bonchev–Trinajstić information content (AvgIpc) is 2.62. The summed E-state index contributed by atoms with van der Waals surface area (Å²) in [7, 11) is 0. The van der Waals surface area contributed by atoms with E-state index in [9.17, 15) is 0 Å². The molecule has 2 aromatic rings. The fourth-order valence-electron chi connectivity index (χ4n) is 1.53. The number of alkyl halides is 1. The van der Waals surface area contributed by atoms with Crippen molar-refractivity contribution in [2.75, 3.05) is 0 Å². The van der Waals surface area contributed by atoms with E-state index in [1.165, 1.54) is 24.8 Å². The van der Waals surface area contributed by atoms with E-state index in [0.29, 0.717) is 5.88 Å². The molecule has 3 heteroatoms. The summed E-state index contributed by atoms with van der Waals surface area (Å²) in [5.41, 5.74) is 2.69. The Hall–Kier alpha value is 0.200. The molecular weight excluding hydrogens is 327 g/mol. The monoisotopic (exact) mass is 336 g/mol. The Labute approximate surface area is 106 Å². The van der Waals surface area contributed by atoms with E-state index in [2.05, 4.69) is 47.0 Å². The van der Waals surface area contributed by atoms with Crippen molar-refractivity contribution in [3.63, 3.8) is 0 Å².